The normalized spacial score (nSPS) is 18.3. The Hall–Kier alpha value is -1.42. The molecule has 0 spiro atoms. The molecule has 0 amide bonds. The molecule has 18 heavy (non-hydrogen) atoms. The van der Waals surface area contributed by atoms with Crippen molar-refractivity contribution in [2.45, 2.75) is 38.3 Å². The van der Waals surface area contributed by atoms with Gasteiger partial charge < -0.3 is 10.4 Å². The highest BCUT2D eigenvalue weighted by Crippen LogP contribution is 2.33. The van der Waals surface area contributed by atoms with Gasteiger partial charge >= 0.3 is 5.97 Å². The van der Waals surface area contributed by atoms with Gasteiger partial charge in [-0.2, -0.15) is 0 Å². The Bertz CT molecular complexity index is 432. The highest BCUT2D eigenvalue weighted by molar-refractivity contribution is 5.74. The molecule has 1 aromatic carbocycles. The van der Waals surface area contributed by atoms with Crippen molar-refractivity contribution in [2.75, 3.05) is 0 Å². The molecule has 0 saturated heterocycles. The second kappa shape index (κ2) is 5.48. The van der Waals surface area contributed by atoms with E-state index in [9.17, 15) is 9.18 Å². The Kier molecular flexibility index (Phi) is 3.97. The van der Waals surface area contributed by atoms with Crippen LogP contribution in [0.5, 0.6) is 0 Å². The van der Waals surface area contributed by atoms with Crippen molar-refractivity contribution in [1.82, 2.24) is 5.32 Å². The number of rotatable bonds is 6. The van der Waals surface area contributed by atoms with E-state index in [1.165, 1.54) is 12.1 Å². The lowest BCUT2D eigenvalue weighted by Gasteiger charge is -2.20. The van der Waals surface area contributed by atoms with Gasteiger partial charge in [-0.1, -0.05) is 12.1 Å². The molecule has 1 aromatic rings. The summed E-state index contributed by atoms with van der Waals surface area (Å²) >= 11 is 0. The van der Waals surface area contributed by atoms with Gasteiger partial charge in [0, 0.05) is 6.04 Å². The molecule has 0 bridgehead atoms. The summed E-state index contributed by atoms with van der Waals surface area (Å²) in [6, 6.07) is 5.99. The standard InChI is InChI=1S/C14H18FNO2/c1-9(7-10-3-2-4-12(15)8-10)16-13(14(17)18)11-5-6-11/h2-4,8-9,11,13,16H,5-7H2,1H3,(H,17,18). The highest BCUT2D eigenvalue weighted by atomic mass is 19.1. The molecule has 2 rings (SSSR count). The van der Waals surface area contributed by atoms with Crippen LogP contribution in [0.1, 0.15) is 25.3 Å². The van der Waals surface area contributed by atoms with Crippen LogP contribution in [0.25, 0.3) is 0 Å². The van der Waals surface area contributed by atoms with Crippen molar-refractivity contribution < 1.29 is 14.3 Å². The van der Waals surface area contributed by atoms with Crippen molar-refractivity contribution in [3.63, 3.8) is 0 Å². The molecule has 2 unspecified atom stereocenters. The smallest absolute Gasteiger partial charge is 0.320 e. The molecule has 0 aliphatic heterocycles. The van der Waals surface area contributed by atoms with Crippen LogP contribution < -0.4 is 5.32 Å². The van der Waals surface area contributed by atoms with Crippen LogP contribution in [-0.2, 0) is 11.2 Å². The van der Waals surface area contributed by atoms with E-state index in [1.807, 2.05) is 13.0 Å². The summed E-state index contributed by atoms with van der Waals surface area (Å²) in [5, 5.41) is 12.2. The molecule has 2 atom stereocenters. The third-order valence-corrected chi connectivity index (χ3v) is 3.25. The average Bonchev–Trinajstić information content (AvgIpc) is 3.09. The van der Waals surface area contributed by atoms with Crippen LogP contribution in [0, 0.1) is 11.7 Å². The Morgan fingerprint density at radius 2 is 2.28 bits per heavy atom. The van der Waals surface area contributed by atoms with Gasteiger partial charge in [0.15, 0.2) is 0 Å². The summed E-state index contributed by atoms with van der Waals surface area (Å²) < 4.78 is 13.0. The summed E-state index contributed by atoms with van der Waals surface area (Å²) in [5.74, 6) is -0.780. The van der Waals surface area contributed by atoms with E-state index in [2.05, 4.69) is 5.32 Å². The SMILES string of the molecule is CC(Cc1cccc(F)c1)NC(C(=O)O)C1CC1. The molecule has 1 saturated carbocycles. The third-order valence-electron chi connectivity index (χ3n) is 3.25. The van der Waals surface area contributed by atoms with E-state index in [0.717, 1.165) is 18.4 Å². The van der Waals surface area contributed by atoms with Gasteiger partial charge in [-0.15, -0.1) is 0 Å². The van der Waals surface area contributed by atoms with Crippen molar-refractivity contribution in [3.05, 3.63) is 35.6 Å². The molecule has 4 heteroatoms. The molecule has 1 aliphatic rings. The van der Waals surface area contributed by atoms with Crippen molar-refractivity contribution in [2.24, 2.45) is 5.92 Å². The molecular weight excluding hydrogens is 233 g/mol. The monoisotopic (exact) mass is 251 g/mol. The molecule has 3 nitrogen and oxygen atoms in total. The van der Waals surface area contributed by atoms with Crippen molar-refractivity contribution >= 4 is 5.97 Å². The van der Waals surface area contributed by atoms with E-state index < -0.39 is 12.0 Å². The van der Waals surface area contributed by atoms with Gasteiger partial charge in [-0.05, 0) is 49.8 Å². The number of benzene rings is 1. The first-order valence-electron chi connectivity index (χ1n) is 6.29. The molecule has 0 radical (unpaired) electrons. The molecule has 98 valence electrons. The predicted molar refractivity (Wildman–Crippen MR) is 66.8 cm³/mol. The van der Waals surface area contributed by atoms with Crippen LogP contribution in [-0.4, -0.2) is 23.2 Å². The van der Waals surface area contributed by atoms with Gasteiger partial charge in [-0.3, -0.25) is 4.79 Å². The summed E-state index contributed by atoms with van der Waals surface area (Å²) in [4.78, 5) is 11.1. The molecule has 0 heterocycles. The molecule has 0 aromatic heterocycles. The first-order valence-corrected chi connectivity index (χ1v) is 6.29. The Labute approximate surface area is 106 Å². The first kappa shape index (κ1) is 13.0. The zero-order valence-corrected chi connectivity index (χ0v) is 10.4. The zero-order valence-electron chi connectivity index (χ0n) is 10.4. The fourth-order valence-corrected chi connectivity index (χ4v) is 2.22. The summed E-state index contributed by atoms with van der Waals surface area (Å²) in [5.41, 5.74) is 0.884. The molecule has 2 N–H and O–H groups in total. The molecule has 1 aliphatic carbocycles. The second-order valence-corrected chi connectivity index (χ2v) is 5.06. The van der Waals surface area contributed by atoms with Crippen LogP contribution in [0.4, 0.5) is 4.39 Å². The lowest BCUT2D eigenvalue weighted by Crippen LogP contribution is -2.44. The number of aliphatic carboxylic acids is 1. The van der Waals surface area contributed by atoms with E-state index in [0.29, 0.717) is 6.42 Å². The quantitative estimate of drug-likeness (QED) is 0.815. The molecule has 1 fully saturated rings. The van der Waals surface area contributed by atoms with Crippen LogP contribution in [0.3, 0.4) is 0 Å². The maximum Gasteiger partial charge on any atom is 0.320 e. The minimum Gasteiger partial charge on any atom is -0.480 e. The van der Waals surface area contributed by atoms with Gasteiger partial charge in [-0.25, -0.2) is 4.39 Å². The minimum atomic E-state index is -0.788. The third kappa shape index (κ3) is 3.53. The van der Waals surface area contributed by atoms with Crippen LogP contribution in [0.2, 0.25) is 0 Å². The van der Waals surface area contributed by atoms with Gasteiger partial charge in [0.25, 0.3) is 0 Å². The largest absolute Gasteiger partial charge is 0.480 e. The minimum absolute atomic E-state index is 0.0218. The second-order valence-electron chi connectivity index (χ2n) is 5.06. The lowest BCUT2D eigenvalue weighted by molar-refractivity contribution is -0.140. The lowest BCUT2D eigenvalue weighted by atomic mass is 10.0. The fourth-order valence-electron chi connectivity index (χ4n) is 2.22. The van der Waals surface area contributed by atoms with Gasteiger partial charge in [0.1, 0.15) is 11.9 Å². The van der Waals surface area contributed by atoms with Crippen molar-refractivity contribution in [3.8, 4) is 0 Å². The fraction of sp³-hybridized carbons (Fsp3) is 0.500. The predicted octanol–water partition coefficient (Wildman–Crippen LogP) is 2.21. The van der Waals surface area contributed by atoms with Crippen LogP contribution in [0.15, 0.2) is 24.3 Å². The molecular formula is C14H18FNO2. The highest BCUT2D eigenvalue weighted by Gasteiger charge is 2.36. The summed E-state index contributed by atoms with van der Waals surface area (Å²) in [7, 11) is 0. The van der Waals surface area contributed by atoms with E-state index in [-0.39, 0.29) is 17.8 Å². The van der Waals surface area contributed by atoms with Gasteiger partial charge in [0.05, 0.1) is 0 Å². The number of carboxylic acids is 1. The maximum absolute atomic E-state index is 13.0. The number of carbonyl (C=O) groups is 1. The topological polar surface area (TPSA) is 49.3 Å². The van der Waals surface area contributed by atoms with E-state index in [4.69, 9.17) is 5.11 Å². The first-order chi connectivity index (χ1) is 8.56. The maximum atomic E-state index is 13.0. The number of hydrogen-bond donors (Lipinski definition) is 2. The van der Waals surface area contributed by atoms with E-state index >= 15 is 0 Å². The van der Waals surface area contributed by atoms with E-state index in [1.54, 1.807) is 6.07 Å². The Balaban J connectivity index is 1.91. The zero-order chi connectivity index (χ0) is 13.1. The number of halogens is 1. The number of nitrogens with one attached hydrogen (secondary N) is 1. The summed E-state index contributed by atoms with van der Waals surface area (Å²) in [6.07, 6.45) is 2.60. The summed E-state index contributed by atoms with van der Waals surface area (Å²) in [6.45, 7) is 1.93. The Morgan fingerprint density at radius 3 is 2.83 bits per heavy atom. The van der Waals surface area contributed by atoms with Crippen LogP contribution >= 0.6 is 0 Å². The number of carboxylic acid groups (broad SMARTS) is 1. The average molecular weight is 251 g/mol. The van der Waals surface area contributed by atoms with Gasteiger partial charge in [0.2, 0.25) is 0 Å². The Morgan fingerprint density at radius 1 is 1.56 bits per heavy atom. The number of hydrogen-bond acceptors (Lipinski definition) is 2. The van der Waals surface area contributed by atoms with Crippen molar-refractivity contribution in [1.29, 1.82) is 0 Å².